The number of amides is 3. The number of alkyl halides is 1. The number of likely N-dealkylation sites (tertiary alicyclic amines) is 2. The maximum Gasteiger partial charge on any atom is 0.319 e. The van der Waals surface area contributed by atoms with Gasteiger partial charge in [0.1, 0.15) is 5.67 Å². The van der Waals surface area contributed by atoms with Crippen LogP contribution in [0, 0.1) is 25.2 Å². The zero-order valence-corrected chi connectivity index (χ0v) is 21.1. The molecule has 2 aliphatic rings. The van der Waals surface area contributed by atoms with Gasteiger partial charge in [0.15, 0.2) is 0 Å². The predicted octanol–water partition coefficient (Wildman–Crippen LogP) is 4.54. The number of carbonyl (C=O) groups is 2. The van der Waals surface area contributed by atoms with Gasteiger partial charge in [-0.1, -0.05) is 24.1 Å². The minimum absolute atomic E-state index is 0.158. The van der Waals surface area contributed by atoms with Gasteiger partial charge in [-0.15, -0.1) is 6.42 Å². The Morgan fingerprint density at radius 1 is 1.08 bits per heavy atom. The standard InChI is InChI=1S/C29H35FN4O2/c1-4-22-6-9-25(10-7-22)29(30)13-17-34(18-14-29)27(35)24-8-5-21(2)26(19-24)32-28(36)31-20-23-11-15-33(3)16-12-23/h1,5-10,19,23H,11-18,20H2,2-3H3,(H2,31,32,36). The van der Waals surface area contributed by atoms with Gasteiger partial charge < -0.3 is 20.4 Å². The van der Waals surface area contributed by atoms with Crippen molar-refractivity contribution in [2.75, 3.05) is 45.1 Å². The molecule has 0 saturated carbocycles. The van der Waals surface area contributed by atoms with E-state index in [0.717, 1.165) is 31.5 Å². The fourth-order valence-corrected chi connectivity index (χ4v) is 4.96. The van der Waals surface area contributed by atoms with Crippen LogP contribution in [0.2, 0.25) is 0 Å². The highest BCUT2D eigenvalue weighted by atomic mass is 19.1. The number of hydrogen-bond acceptors (Lipinski definition) is 3. The first-order valence-corrected chi connectivity index (χ1v) is 12.7. The normalized spacial score (nSPS) is 18.3. The van der Waals surface area contributed by atoms with E-state index in [-0.39, 0.29) is 24.8 Å². The van der Waals surface area contributed by atoms with Gasteiger partial charge in [-0.25, -0.2) is 9.18 Å². The molecule has 4 rings (SSSR count). The average Bonchev–Trinajstić information content (AvgIpc) is 2.90. The molecule has 0 atom stereocenters. The van der Waals surface area contributed by atoms with E-state index in [0.29, 0.717) is 47.9 Å². The Hall–Kier alpha value is -3.37. The highest BCUT2D eigenvalue weighted by Crippen LogP contribution is 2.37. The molecular formula is C29H35FN4O2. The van der Waals surface area contributed by atoms with Gasteiger partial charge in [-0.2, -0.15) is 0 Å². The molecule has 6 nitrogen and oxygen atoms in total. The van der Waals surface area contributed by atoms with Crippen LogP contribution in [-0.2, 0) is 5.67 Å². The number of carbonyl (C=O) groups excluding carboxylic acids is 2. The van der Waals surface area contributed by atoms with Crippen molar-refractivity contribution in [2.24, 2.45) is 5.92 Å². The van der Waals surface area contributed by atoms with Crippen molar-refractivity contribution in [3.05, 3.63) is 64.7 Å². The molecule has 0 unspecified atom stereocenters. The summed E-state index contributed by atoms with van der Waals surface area (Å²) in [6.45, 7) is 5.27. The number of urea groups is 1. The van der Waals surface area contributed by atoms with Crippen molar-refractivity contribution in [1.29, 1.82) is 0 Å². The lowest BCUT2D eigenvalue weighted by molar-refractivity contribution is 0.0421. The zero-order valence-electron chi connectivity index (χ0n) is 21.1. The smallest absolute Gasteiger partial charge is 0.319 e. The van der Waals surface area contributed by atoms with E-state index >= 15 is 4.39 Å². The quantitative estimate of drug-likeness (QED) is 0.605. The van der Waals surface area contributed by atoms with Crippen molar-refractivity contribution in [2.45, 2.75) is 38.3 Å². The molecule has 190 valence electrons. The molecule has 36 heavy (non-hydrogen) atoms. The maximum atomic E-state index is 15.6. The van der Waals surface area contributed by atoms with Gasteiger partial charge in [0.25, 0.3) is 5.91 Å². The third kappa shape index (κ3) is 6.06. The second-order valence-electron chi connectivity index (χ2n) is 10.1. The molecule has 7 heteroatoms. The summed E-state index contributed by atoms with van der Waals surface area (Å²) in [6.07, 6.45) is 8.00. The molecule has 2 aromatic carbocycles. The Balaban J connectivity index is 1.33. The molecule has 2 aromatic rings. The highest BCUT2D eigenvalue weighted by molar-refractivity contribution is 5.97. The number of piperidine rings is 2. The number of terminal acetylenes is 1. The summed E-state index contributed by atoms with van der Waals surface area (Å²) in [5, 5.41) is 5.87. The molecule has 2 saturated heterocycles. The molecule has 3 amide bonds. The fourth-order valence-electron chi connectivity index (χ4n) is 4.96. The Labute approximate surface area is 213 Å². The fraction of sp³-hybridized carbons (Fsp3) is 0.448. The second-order valence-corrected chi connectivity index (χ2v) is 10.1. The Kier molecular flexibility index (Phi) is 7.95. The highest BCUT2D eigenvalue weighted by Gasteiger charge is 2.37. The summed E-state index contributed by atoms with van der Waals surface area (Å²) >= 11 is 0. The number of benzene rings is 2. The van der Waals surface area contributed by atoms with E-state index in [1.165, 1.54) is 0 Å². The number of anilines is 1. The van der Waals surface area contributed by atoms with E-state index in [1.807, 2.05) is 13.0 Å². The first-order valence-electron chi connectivity index (χ1n) is 12.7. The van der Waals surface area contributed by atoms with Gasteiger partial charge in [0.2, 0.25) is 0 Å². The van der Waals surface area contributed by atoms with E-state index in [1.54, 1.807) is 41.3 Å². The molecule has 2 fully saturated rings. The van der Waals surface area contributed by atoms with Gasteiger partial charge in [-0.3, -0.25) is 4.79 Å². The van der Waals surface area contributed by atoms with E-state index < -0.39 is 5.67 Å². The van der Waals surface area contributed by atoms with Crippen molar-refractivity contribution in [1.82, 2.24) is 15.1 Å². The van der Waals surface area contributed by atoms with Crippen LogP contribution in [0.1, 0.15) is 52.7 Å². The minimum Gasteiger partial charge on any atom is -0.338 e. The molecule has 2 heterocycles. The van der Waals surface area contributed by atoms with Crippen LogP contribution < -0.4 is 10.6 Å². The lowest BCUT2D eigenvalue weighted by atomic mass is 9.85. The van der Waals surface area contributed by atoms with Crippen molar-refractivity contribution < 1.29 is 14.0 Å². The third-order valence-corrected chi connectivity index (χ3v) is 7.53. The largest absolute Gasteiger partial charge is 0.338 e. The lowest BCUT2D eigenvalue weighted by Gasteiger charge is -2.37. The minimum atomic E-state index is -1.48. The maximum absolute atomic E-state index is 15.6. The number of rotatable bonds is 5. The van der Waals surface area contributed by atoms with Gasteiger partial charge in [0, 0.05) is 49.3 Å². The first-order chi connectivity index (χ1) is 17.3. The number of halogens is 1. The van der Waals surface area contributed by atoms with Gasteiger partial charge in [0.05, 0.1) is 0 Å². The summed E-state index contributed by atoms with van der Waals surface area (Å²) < 4.78 is 15.6. The van der Waals surface area contributed by atoms with Crippen LogP contribution in [0.3, 0.4) is 0 Å². The SMILES string of the molecule is C#Cc1ccc(C2(F)CCN(C(=O)c3ccc(C)c(NC(=O)NCC4CCN(C)CC4)c3)CC2)cc1. The molecule has 2 N–H and O–H groups in total. The molecular weight excluding hydrogens is 455 g/mol. The molecule has 0 aromatic heterocycles. The average molecular weight is 491 g/mol. The van der Waals surface area contributed by atoms with Crippen LogP contribution in [0.4, 0.5) is 14.9 Å². The van der Waals surface area contributed by atoms with Gasteiger partial charge in [-0.05, 0) is 81.2 Å². The predicted molar refractivity (Wildman–Crippen MR) is 141 cm³/mol. The Bertz CT molecular complexity index is 1120. The van der Waals surface area contributed by atoms with Gasteiger partial charge >= 0.3 is 6.03 Å². The number of nitrogens with one attached hydrogen (secondary N) is 2. The second kappa shape index (κ2) is 11.1. The molecule has 2 aliphatic heterocycles. The topological polar surface area (TPSA) is 64.7 Å². The zero-order chi connectivity index (χ0) is 25.7. The van der Waals surface area contributed by atoms with Crippen LogP contribution in [0.15, 0.2) is 42.5 Å². The van der Waals surface area contributed by atoms with Crippen LogP contribution >= 0.6 is 0 Å². The molecule has 0 bridgehead atoms. The summed E-state index contributed by atoms with van der Waals surface area (Å²) in [4.78, 5) is 29.7. The number of hydrogen-bond donors (Lipinski definition) is 2. The number of aryl methyl sites for hydroxylation is 1. The molecule has 0 radical (unpaired) electrons. The lowest BCUT2D eigenvalue weighted by Crippen LogP contribution is -2.43. The monoisotopic (exact) mass is 490 g/mol. The summed E-state index contributed by atoms with van der Waals surface area (Å²) in [5.74, 6) is 2.87. The van der Waals surface area contributed by atoms with E-state index in [2.05, 4.69) is 28.5 Å². The first kappa shape index (κ1) is 25.7. The molecule has 0 spiro atoms. The summed E-state index contributed by atoms with van der Waals surface area (Å²) in [6, 6.07) is 12.0. The van der Waals surface area contributed by atoms with Crippen molar-refractivity contribution >= 4 is 17.6 Å². The summed E-state index contributed by atoms with van der Waals surface area (Å²) in [7, 11) is 2.12. The van der Waals surface area contributed by atoms with Crippen LogP contribution in [0.5, 0.6) is 0 Å². The Morgan fingerprint density at radius 2 is 1.75 bits per heavy atom. The Morgan fingerprint density at radius 3 is 2.39 bits per heavy atom. The molecule has 0 aliphatic carbocycles. The number of nitrogens with zero attached hydrogens (tertiary/aromatic N) is 2. The van der Waals surface area contributed by atoms with Crippen LogP contribution in [0.25, 0.3) is 0 Å². The van der Waals surface area contributed by atoms with Crippen LogP contribution in [-0.4, -0.2) is 61.5 Å². The van der Waals surface area contributed by atoms with E-state index in [4.69, 9.17) is 6.42 Å². The van der Waals surface area contributed by atoms with Crippen molar-refractivity contribution in [3.63, 3.8) is 0 Å². The third-order valence-electron chi connectivity index (χ3n) is 7.53. The van der Waals surface area contributed by atoms with Crippen molar-refractivity contribution in [3.8, 4) is 12.3 Å². The van der Waals surface area contributed by atoms with E-state index in [9.17, 15) is 9.59 Å². The summed E-state index contributed by atoms with van der Waals surface area (Å²) in [5.41, 5.74) is 1.80.